The van der Waals surface area contributed by atoms with Crippen molar-refractivity contribution in [1.29, 1.82) is 0 Å². The molecule has 0 aromatic heterocycles. The van der Waals surface area contributed by atoms with Gasteiger partial charge in [0.15, 0.2) is 12.6 Å². The van der Waals surface area contributed by atoms with Gasteiger partial charge in [0.1, 0.15) is 12.1 Å². The molecule has 3 atom stereocenters. The van der Waals surface area contributed by atoms with Gasteiger partial charge in [-0.2, -0.15) is 0 Å². The van der Waals surface area contributed by atoms with E-state index < -0.39 is 29.8 Å². The molecular formula is C33H38N4O8. The van der Waals surface area contributed by atoms with Gasteiger partial charge >= 0.3 is 0 Å². The van der Waals surface area contributed by atoms with Crippen LogP contribution in [0.4, 0.5) is 0 Å². The smallest absolute Gasteiger partial charge is 0.252 e. The zero-order valence-electron chi connectivity index (χ0n) is 25.2. The first-order valence-electron chi connectivity index (χ1n) is 14.9. The summed E-state index contributed by atoms with van der Waals surface area (Å²) in [6.45, 7) is 8.64. The molecular weight excluding hydrogens is 580 g/mol. The van der Waals surface area contributed by atoms with Gasteiger partial charge in [0.2, 0.25) is 11.8 Å². The van der Waals surface area contributed by atoms with E-state index in [-0.39, 0.29) is 40.5 Å². The van der Waals surface area contributed by atoms with Crippen LogP contribution in [0.15, 0.2) is 60.7 Å². The number of amides is 4. The number of morpholine rings is 2. The van der Waals surface area contributed by atoms with Crippen molar-refractivity contribution >= 4 is 36.2 Å². The highest BCUT2D eigenvalue weighted by Gasteiger charge is 2.36. The zero-order chi connectivity index (χ0) is 32.3. The topological polar surface area (TPSA) is 151 Å². The second-order valence-corrected chi connectivity index (χ2v) is 10.9. The molecule has 2 aliphatic rings. The third-order valence-electron chi connectivity index (χ3n) is 8.08. The number of carbonyl (C=O) groups excluding carboxylic acids is 6. The van der Waals surface area contributed by atoms with Gasteiger partial charge in [0.05, 0.1) is 26.4 Å². The first-order valence-corrected chi connectivity index (χ1v) is 14.9. The van der Waals surface area contributed by atoms with Gasteiger partial charge in [-0.15, -0.1) is 0 Å². The number of carbonyl (C=O) groups is 6. The Morgan fingerprint density at radius 3 is 1.69 bits per heavy atom. The van der Waals surface area contributed by atoms with Crippen LogP contribution in [0, 0.1) is 5.92 Å². The lowest BCUT2D eigenvalue weighted by atomic mass is 9.88. The van der Waals surface area contributed by atoms with E-state index in [0.717, 1.165) is 0 Å². The fourth-order valence-electron chi connectivity index (χ4n) is 5.34. The molecule has 4 rings (SSSR count). The van der Waals surface area contributed by atoms with Gasteiger partial charge in [-0.05, 0) is 18.6 Å². The van der Waals surface area contributed by atoms with Gasteiger partial charge in [-0.1, -0.05) is 55.5 Å². The van der Waals surface area contributed by atoms with Crippen LogP contribution in [-0.4, -0.2) is 111 Å². The Morgan fingerprint density at radius 1 is 0.756 bits per heavy atom. The predicted molar refractivity (Wildman–Crippen MR) is 164 cm³/mol. The minimum absolute atomic E-state index is 0.0416. The minimum atomic E-state index is -1.09. The van der Waals surface area contributed by atoms with E-state index in [1.807, 2.05) is 0 Å². The summed E-state index contributed by atoms with van der Waals surface area (Å²) in [6, 6.07) is 10.4. The van der Waals surface area contributed by atoms with Gasteiger partial charge in [-0.3, -0.25) is 28.8 Å². The standard InChI is InChI=1S/C33H38N4O8/c1-22(19-28(32(42)36-11-15-44-16-12-36)34-30(40)26-9-5-3-7-24(26)20-38)23(2)29(33(43)37-13-17-45-18-14-37)35-31(41)27-10-6-4-8-25(27)21-39/h3-10,20-21,23,28-29H,1,11-19H2,2H3,(H,34,40)(H,35,41)/t23-,28+,29+/m0/s1. The summed E-state index contributed by atoms with van der Waals surface area (Å²) in [6.07, 6.45) is 1.10. The monoisotopic (exact) mass is 618 g/mol. The summed E-state index contributed by atoms with van der Waals surface area (Å²) < 4.78 is 10.8. The van der Waals surface area contributed by atoms with E-state index in [9.17, 15) is 28.8 Å². The van der Waals surface area contributed by atoms with Crippen LogP contribution in [0.25, 0.3) is 0 Å². The lowest BCUT2D eigenvalue weighted by Gasteiger charge is -2.35. The molecule has 12 nitrogen and oxygen atoms in total. The number of hydrogen-bond donors (Lipinski definition) is 2. The Hall–Kier alpha value is -4.68. The van der Waals surface area contributed by atoms with Crippen LogP contribution in [0.3, 0.4) is 0 Å². The molecule has 0 bridgehead atoms. The Bertz CT molecular complexity index is 1430. The molecule has 4 amide bonds. The molecule has 2 aliphatic heterocycles. The van der Waals surface area contributed by atoms with Crippen molar-refractivity contribution < 1.29 is 38.2 Å². The normalized spacial score (nSPS) is 16.9. The van der Waals surface area contributed by atoms with Crippen LogP contribution in [0.2, 0.25) is 0 Å². The van der Waals surface area contributed by atoms with E-state index in [1.165, 1.54) is 24.3 Å². The second kappa shape index (κ2) is 15.9. The largest absolute Gasteiger partial charge is 0.378 e. The molecule has 2 N–H and O–H groups in total. The molecule has 0 aliphatic carbocycles. The Balaban J connectivity index is 1.60. The first-order chi connectivity index (χ1) is 21.7. The molecule has 2 aromatic carbocycles. The quantitative estimate of drug-likeness (QED) is 0.268. The molecule has 2 fully saturated rings. The molecule has 238 valence electrons. The van der Waals surface area contributed by atoms with Gasteiger partial charge < -0.3 is 29.9 Å². The zero-order valence-corrected chi connectivity index (χ0v) is 25.2. The van der Waals surface area contributed by atoms with Crippen LogP contribution in [-0.2, 0) is 19.1 Å². The van der Waals surface area contributed by atoms with Crippen molar-refractivity contribution in [3.05, 3.63) is 82.9 Å². The van der Waals surface area contributed by atoms with E-state index >= 15 is 0 Å². The second-order valence-electron chi connectivity index (χ2n) is 10.9. The predicted octanol–water partition coefficient (Wildman–Crippen LogP) is 1.51. The maximum atomic E-state index is 13.8. The number of nitrogens with one attached hydrogen (secondary N) is 2. The summed E-state index contributed by atoms with van der Waals surface area (Å²) in [5.41, 5.74) is 1.02. The molecule has 45 heavy (non-hydrogen) atoms. The first kappa shape index (κ1) is 33.2. The van der Waals surface area contributed by atoms with Crippen LogP contribution in [0.5, 0.6) is 0 Å². The highest BCUT2D eigenvalue weighted by molar-refractivity contribution is 6.04. The average Bonchev–Trinajstić information content (AvgIpc) is 3.09. The maximum absolute atomic E-state index is 13.8. The summed E-state index contributed by atoms with van der Waals surface area (Å²) in [5, 5.41) is 5.58. The van der Waals surface area contributed by atoms with E-state index in [4.69, 9.17) is 9.47 Å². The average molecular weight is 619 g/mol. The molecule has 12 heteroatoms. The number of rotatable bonds is 12. The highest BCUT2D eigenvalue weighted by Crippen LogP contribution is 2.23. The van der Waals surface area contributed by atoms with Crippen molar-refractivity contribution in [3.63, 3.8) is 0 Å². The third-order valence-corrected chi connectivity index (χ3v) is 8.08. The Labute approximate surface area is 261 Å². The molecule has 2 aromatic rings. The van der Waals surface area contributed by atoms with Crippen molar-refractivity contribution in [2.24, 2.45) is 5.92 Å². The molecule has 2 saturated heterocycles. The molecule has 2 heterocycles. The number of benzene rings is 2. The molecule has 0 radical (unpaired) electrons. The van der Waals surface area contributed by atoms with Crippen LogP contribution < -0.4 is 10.6 Å². The summed E-state index contributed by atoms with van der Waals surface area (Å²) in [5.74, 6) is -2.62. The Morgan fingerprint density at radius 2 is 1.20 bits per heavy atom. The van der Waals surface area contributed by atoms with Crippen molar-refractivity contribution in [2.75, 3.05) is 52.6 Å². The van der Waals surface area contributed by atoms with Crippen LogP contribution >= 0.6 is 0 Å². The van der Waals surface area contributed by atoms with Gasteiger partial charge in [0.25, 0.3) is 11.8 Å². The van der Waals surface area contributed by atoms with Gasteiger partial charge in [-0.25, -0.2) is 0 Å². The summed E-state index contributed by atoms with van der Waals surface area (Å²) >= 11 is 0. The lowest BCUT2D eigenvalue weighted by Crippen LogP contribution is -2.55. The summed E-state index contributed by atoms with van der Waals surface area (Å²) in [4.78, 5) is 80.6. The van der Waals surface area contributed by atoms with Gasteiger partial charge in [0, 0.05) is 54.4 Å². The molecule has 0 saturated carbocycles. The number of nitrogens with zero attached hydrogens (tertiary/aromatic N) is 2. The fourth-order valence-corrected chi connectivity index (χ4v) is 5.34. The van der Waals surface area contributed by atoms with Crippen LogP contribution in [0.1, 0.15) is 54.8 Å². The van der Waals surface area contributed by atoms with Crippen molar-refractivity contribution in [3.8, 4) is 0 Å². The van der Waals surface area contributed by atoms with Crippen molar-refractivity contribution in [2.45, 2.75) is 25.4 Å². The van der Waals surface area contributed by atoms with Crippen molar-refractivity contribution in [1.82, 2.24) is 20.4 Å². The Kier molecular flexibility index (Phi) is 11.7. The summed E-state index contributed by atoms with van der Waals surface area (Å²) in [7, 11) is 0. The minimum Gasteiger partial charge on any atom is -0.378 e. The number of ether oxygens (including phenoxy) is 2. The number of aldehydes is 2. The molecule has 0 unspecified atom stereocenters. The van der Waals surface area contributed by atoms with E-state index in [1.54, 1.807) is 41.0 Å². The fraction of sp³-hybridized carbons (Fsp3) is 0.394. The lowest BCUT2D eigenvalue weighted by molar-refractivity contribution is -0.138. The van der Waals surface area contributed by atoms with E-state index in [2.05, 4.69) is 17.2 Å². The third kappa shape index (κ3) is 8.28. The highest BCUT2D eigenvalue weighted by atomic mass is 16.5. The van der Waals surface area contributed by atoms with E-state index in [0.29, 0.717) is 70.8 Å². The molecule has 0 spiro atoms. The number of hydrogen-bond acceptors (Lipinski definition) is 8. The maximum Gasteiger partial charge on any atom is 0.252 e. The SMILES string of the molecule is C=C(C[C@@H](NC(=O)c1ccccc1C=O)C(=O)N1CCOCC1)[C@H](C)[C@@H](NC(=O)c1ccccc1C=O)C(=O)N1CCOCC1.